The molecule has 3 aromatic heterocycles. The second kappa shape index (κ2) is 11.7. The normalized spacial score (nSPS) is 16.2. The highest BCUT2D eigenvalue weighted by Gasteiger charge is 2.30. The summed E-state index contributed by atoms with van der Waals surface area (Å²) in [6, 6.07) is 20.0. The average molecular weight is 611 g/mol. The number of carbonyl (C=O) groups is 2. The van der Waals surface area contributed by atoms with Gasteiger partial charge in [0.05, 0.1) is 27.1 Å². The predicted octanol–water partition coefficient (Wildman–Crippen LogP) is 7.49. The molecular weight excluding hydrogens is 577 g/mol. The fourth-order valence-electron chi connectivity index (χ4n) is 6.68. The van der Waals surface area contributed by atoms with Crippen LogP contribution in [0, 0.1) is 0 Å². The van der Waals surface area contributed by atoms with Gasteiger partial charge >= 0.3 is 5.97 Å². The van der Waals surface area contributed by atoms with Crippen LogP contribution >= 0.6 is 23.1 Å². The van der Waals surface area contributed by atoms with Crippen molar-refractivity contribution in [2.45, 2.75) is 44.6 Å². The summed E-state index contributed by atoms with van der Waals surface area (Å²) in [5.74, 6) is 1.39. The van der Waals surface area contributed by atoms with Crippen LogP contribution < -0.4 is 5.73 Å². The Kier molecular flexibility index (Phi) is 7.61. The highest BCUT2D eigenvalue weighted by molar-refractivity contribution is 7.99. The number of carboxylic acid groups (broad SMARTS) is 1. The van der Waals surface area contributed by atoms with E-state index in [1.54, 1.807) is 6.07 Å². The first kappa shape index (κ1) is 28.0. The monoisotopic (exact) mass is 610 g/mol. The lowest BCUT2D eigenvalue weighted by atomic mass is 9.83. The lowest BCUT2D eigenvalue weighted by molar-refractivity contribution is -0.131. The number of carbonyl (C=O) groups excluding carboxylic acids is 1. The number of hydrogen-bond donors (Lipinski definition) is 2. The number of rotatable bonds is 6. The summed E-state index contributed by atoms with van der Waals surface area (Å²) in [5.41, 5.74) is 13.6. The molecule has 9 heteroatoms. The number of benzene rings is 2. The topological polar surface area (TPSA) is 101 Å². The molecule has 0 radical (unpaired) electrons. The van der Waals surface area contributed by atoms with Crippen molar-refractivity contribution in [3.63, 3.8) is 0 Å². The first-order valence-electron chi connectivity index (χ1n) is 15.0. The molecule has 1 aliphatic carbocycles. The van der Waals surface area contributed by atoms with Gasteiger partial charge < -0.3 is 20.3 Å². The standard InChI is InChI=1S/C34H34N4O3S2/c35-25-8-4-7-22(18-25)26-11-9-23-17-24(10-12-27(23)36-26)32-31(21-5-2-1-3-6-21)33-28(19-29(43-33)34(40)41)38(32)20-30(39)37-13-15-42-16-14-37/h4,7-12,17-19,21H,1-3,5-6,13-16,20,35H2,(H,40,41). The second-order valence-electron chi connectivity index (χ2n) is 11.5. The van der Waals surface area contributed by atoms with Gasteiger partial charge in [0.15, 0.2) is 0 Å². The zero-order valence-electron chi connectivity index (χ0n) is 23.9. The molecule has 1 aliphatic heterocycles. The quantitative estimate of drug-likeness (QED) is 0.193. The number of hydrogen-bond acceptors (Lipinski definition) is 6. The third kappa shape index (κ3) is 5.40. The van der Waals surface area contributed by atoms with E-state index < -0.39 is 5.97 Å². The second-order valence-corrected chi connectivity index (χ2v) is 13.8. The number of nitrogens with two attached hydrogens (primary N) is 1. The molecule has 0 unspecified atom stereocenters. The van der Waals surface area contributed by atoms with Gasteiger partial charge in [-0.2, -0.15) is 11.8 Å². The molecule has 2 aliphatic rings. The van der Waals surface area contributed by atoms with Gasteiger partial charge in [-0.15, -0.1) is 11.3 Å². The lowest BCUT2D eigenvalue weighted by Gasteiger charge is -2.27. The van der Waals surface area contributed by atoms with E-state index in [1.165, 1.54) is 23.3 Å². The van der Waals surface area contributed by atoms with Crippen LogP contribution in [0.15, 0.2) is 60.7 Å². The number of thioether (sulfide) groups is 1. The van der Waals surface area contributed by atoms with E-state index in [0.29, 0.717) is 16.5 Å². The van der Waals surface area contributed by atoms with Crippen molar-refractivity contribution in [3.8, 4) is 22.5 Å². The average Bonchev–Trinajstić information content (AvgIpc) is 3.60. The minimum Gasteiger partial charge on any atom is -0.477 e. The Bertz CT molecular complexity index is 1850. The maximum atomic E-state index is 13.7. The smallest absolute Gasteiger partial charge is 0.345 e. The van der Waals surface area contributed by atoms with Crippen LogP contribution in [0.3, 0.4) is 0 Å². The molecule has 2 fully saturated rings. The Morgan fingerprint density at radius 3 is 2.53 bits per heavy atom. The summed E-state index contributed by atoms with van der Waals surface area (Å²) in [5, 5.41) is 10.9. The van der Waals surface area contributed by atoms with Gasteiger partial charge in [0.2, 0.25) is 5.91 Å². The summed E-state index contributed by atoms with van der Waals surface area (Å²) < 4.78 is 3.12. The van der Waals surface area contributed by atoms with Gasteiger partial charge in [-0.3, -0.25) is 4.79 Å². The van der Waals surface area contributed by atoms with E-state index >= 15 is 0 Å². The van der Waals surface area contributed by atoms with Crippen molar-refractivity contribution < 1.29 is 14.7 Å². The van der Waals surface area contributed by atoms with Gasteiger partial charge in [-0.1, -0.05) is 43.5 Å². The van der Waals surface area contributed by atoms with Crippen LogP contribution in [0.25, 0.3) is 43.6 Å². The Balaban J connectivity index is 1.39. The van der Waals surface area contributed by atoms with Crippen LogP contribution in [-0.4, -0.2) is 56.0 Å². The van der Waals surface area contributed by atoms with Crippen LogP contribution in [-0.2, 0) is 11.3 Å². The molecule has 0 bridgehead atoms. The van der Waals surface area contributed by atoms with E-state index in [0.717, 1.165) is 93.9 Å². The molecule has 7 rings (SSSR count). The molecule has 0 spiro atoms. The van der Waals surface area contributed by atoms with Crippen molar-refractivity contribution in [3.05, 3.63) is 71.1 Å². The molecular formula is C34H34N4O3S2. The largest absolute Gasteiger partial charge is 0.477 e. The van der Waals surface area contributed by atoms with E-state index in [-0.39, 0.29) is 12.5 Å². The summed E-state index contributed by atoms with van der Waals surface area (Å²) in [6.45, 7) is 1.70. The van der Waals surface area contributed by atoms with E-state index in [4.69, 9.17) is 10.7 Å². The molecule has 43 heavy (non-hydrogen) atoms. The number of nitrogens with zero attached hydrogens (tertiary/aromatic N) is 3. The zero-order chi connectivity index (χ0) is 29.5. The number of pyridine rings is 1. The number of carboxylic acids is 1. The molecule has 1 amide bonds. The van der Waals surface area contributed by atoms with Gasteiger partial charge in [0.25, 0.3) is 0 Å². The fourth-order valence-corrected chi connectivity index (χ4v) is 8.71. The van der Waals surface area contributed by atoms with E-state index in [2.05, 4.69) is 28.8 Å². The Labute approximate surface area is 258 Å². The minimum absolute atomic E-state index is 0.0888. The van der Waals surface area contributed by atoms with Gasteiger partial charge in [0.1, 0.15) is 11.4 Å². The molecule has 5 aromatic rings. The molecule has 4 heterocycles. The van der Waals surface area contributed by atoms with Crippen molar-refractivity contribution >= 4 is 61.8 Å². The van der Waals surface area contributed by atoms with Crippen LogP contribution in [0.5, 0.6) is 0 Å². The Morgan fingerprint density at radius 2 is 1.77 bits per heavy atom. The Morgan fingerprint density at radius 1 is 0.953 bits per heavy atom. The van der Waals surface area contributed by atoms with Crippen LogP contribution in [0.2, 0.25) is 0 Å². The zero-order valence-corrected chi connectivity index (χ0v) is 25.6. The number of amides is 1. The molecule has 0 atom stereocenters. The van der Waals surface area contributed by atoms with E-state index in [9.17, 15) is 14.7 Å². The van der Waals surface area contributed by atoms with E-state index in [1.807, 2.05) is 47.0 Å². The van der Waals surface area contributed by atoms with Gasteiger partial charge in [0, 0.05) is 41.2 Å². The van der Waals surface area contributed by atoms with Crippen molar-refractivity contribution in [2.75, 3.05) is 30.3 Å². The summed E-state index contributed by atoms with van der Waals surface area (Å²) in [7, 11) is 0. The summed E-state index contributed by atoms with van der Waals surface area (Å²) >= 11 is 3.23. The van der Waals surface area contributed by atoms with Gasteiger partial charge in [-0.05, 0) is 66.3 Å². The molecule has 7 nitrogen and oxygen atoms in total. The van der Waals surface area contributed by atoms with Crippen molar-refractivity contribution in [2.24, 2.45) is 0 Å². The number of fused-ring (bicyclic) bond motifs is 2. The molecule has 1 saturated carbocycles. The number of nitrogen functional groups attached to an aromatic ring is 1. The number of anilines is 1. The van der Waals surface area contributed by atoms with Crippen LogP contribution in [0.4, 0.5) is 5.69 Å². The fraction of sp³-hybridized carbons (Fsp3) is 0.324. The van der Waals surface area contributed by atoms with Crippen molar-refractivity contribution in [1.82, 2.24) is 14.5 Å². The minimum atomic E-state index is -0.920. The first-order valence-corrected chi connectivity index (χ1v) is 17.0. The highest BCUT2D eigenvalue weighted by Crippen LogP contribution is 2.47. The third-order valence-electron chi connectivity index (χ3n) is 8.80. The summed E-state index contributed by atoms with van der Waals surface area (Å²) in [4.78, 5) is 33.0. The lowest BCUT2D eigenvalue weighted by Crippen LogP contribution is -2.39. The maximum Gasteiger partial charge on any atom is 0.345 e. The molecule has 2 aromatic carbocycles. The SMILES string of the molecule is Nc1cccc(-c2ccc3cc(-c4c(C5CCCCC5)c5sc(C(=O)O)cc5n4CC(=O)N4CCSCC4)ccc3n2)c1. The number of aromatic carboxylic acids is 1. The molecule has 3 N–H and O–H groups in total. The number of thiophene rings is 1. The van der Waals surface area contributed by atoms with Crippen molar-refractivity contribution in [1.29, 1.82) is 0 Å². The molecule has 220 valence electrons. The van der Waals surface area contributed by atoms with Crippen LogP contribution in [0.1, 0.15) is 53.3 Å². The third-order valence-corrected chi connectivity index (χ3v) is 10.9. The predicted molar refractivity (Wildman–Crippen MR) is 177 cm³/mol. The first-order chi connectivity index (χ1) is 21.0. The maximum absolute atomic E-state index is 13.7. The number of aromatic nitrogens is 2. The molecule has 1 saturated heterocycles. The van der Waals surface area contributed by atoms with Gasteiger partial charge in [-0.25, -0.2) is 9.78 Å². The highest BCUT2D eigenvalue weighted by atomic mass is 32.2. The summed E-state index contributed by atoms with van der Waals surface area (Å²) in [6.07, 6.45) is 5.69. The Hall–Kier alpha value is -3.82.